The molecule has 0 aliphatic heterocycles. The predicted octanol–water partition coefficient (Wildman–Crippen LogP) is 5.99. The largest absolute Gasteiger partial charge is 0.288 e. The van der Waals surface area contributed by atoms with E-state index in [0.29, 0.717) is 11.1 Å². The molecule has 134 valence electrons. The maximum Gasteiger partial charge on any atom is 0.196 e. The number of hydrogen-bond donors (Lipinski definition) is 0. The summed E-state index contributed by atoms with van der Waals surface area (Å²) in [6.45, 7) is 0. The lowest BCUT2D eigenvalue weighted by Crippen LogP contribution is -2.13. The fraction of sp³-hybridized carbons (Fsp3) is 0. The second kappa shape index (κ2) is 7.85. The van der Waals surface area contributed by atoms with Gasteiger partial charge in [0.15, 0.2) is 11.6 Å². The zero-order chi connectivity index (χ0) is 19.3. The van der Waals surface area contributed by atoms with Crippen LogP contribution in [-0.2, 0) is 0 Å². The number of Topliss-reactive ketones (excluding diaryl/α,β-unsaturated/α-hetero) is 2. The van der Waals surface area contributed by atoms with Crippen LogP contribution in [0.2, 0.25) is 0 Å². The first kappa shape index (κ1) is 17.6. The quantitative estimate of drug-likeness (QED) is 0.189. The third-order valence-corrected chi connectivity index (χ3v) is 4.65. The van der Waals surface area contributed by atoms with E-state index in [2.05, 4.69) is 0 Å². The van der Waals surface area contributed by atoms with Gasteiger partial charge in [-0.05, 0) is 28.5 Å². The average molecular weight is 362 g/mol. The molecule has 0 heterocycles. The highest BCUT2D eigenvalue weighted by molar-refractivity contribution is 6.33. The van der Waals surface area contributed by atoms with E-state index in [1.54, 1.807) is 54.6 Å². The first-order valence-corrected chi connectivity index (χ1v) is 9.12. The number of allylic oxidation sites excluding steroid dienone is 1. The first-order valence-electron chi connectivity index (χ1n) is 9.12. The highest BCUT2D eigenvalue weighted by atomic mass is 16.1. The Labute approximate surface area is 163 Å². The van der Waals surface area contributed by atoms with Crippen LogP contribution in [0, 0.1) is 0 Å². The van der Waals surface area contributed by atoms with Gasteiger partial charge in [0, 0.05) is 11.1 Å². The molecule has 2 heteroatoms. The Morgan fingerprint density at radius 3 is 1.61 bits per heavy atom. The van der Waals surface area contributed by atoms with Gasteiger partial charge in [-0.15, -0.1) is 0 Å². The van der Waals surface area contributed by atoms with E-state index < -0.39 is 0 Å². The number of ketones is 2. The van der Waals surface area contributed by atoms with Crippen molar-refractivity contribution >= 4 is 28.4 Å². The van der Waals surface area contributed by atoms with E-state index in [0.717, 1.165) is 16.3 Å². The van der Waals surface area contributed by atoms with Crippen molar-refractivity contribution in [3.8, 4) is 0 Å². The molecular weight excluding hydrogens is 344 g/mol. The molecule has 0 fully saturated rings. The maximum atomic E-state index is 13.1. The van der Waals surface area contributed by atoms with Crippen LogP contribution >= 0.6 is 0 Å². The summed E-state index contributed by atoms with van der Waals surface area (Å²) in [5.41, 5.74) is 1.98. The zero-order valence-electron chi connectivity index (χ0n) is 15.2. The minimum absolute atomic E-state index is 0.160. The predicted molar refractivity (Wildman–Crippen MR) is 113 cm³/mol. The maximum absolute atomic E-state index is 13.1. The third kappa shape index (κ3) is 3.67. The van der Waals surface area contributed by atoms with Crippen molar-refractivity contribution in [3.63, 3.8) is 0 Å². The Bertz CT molecular complexity index is 1120. The van der Waals surface area contributed by atoms with E-state index in [9.17, 15) is 9.59 Å². The lowest BCUT2D eigenvalue weighted by molar-refractivity contribution is 0.0964. The van der Waals surface area contributed by atoms with Gasteiger partial charge in [-0.25, -0.2) is 0 Å². The minimum Gasteiger partial charge on any atom is -0.288 e. The van der Waals surface area contributed by atoms with Gasteiger partial charge < -0.3 is 0 Å². The van der Waals surface area contributed by atoms with Gasteiger partial charge in [0.2, 0.25) is 0 Å². The smallest absolute Gasteiger partial charge is 0.196 e. The van der Waals surface area contributed by atoms with E-state index >= 15 is 0 Å². The highest BCUT2D eigenvalue weighted by Gasteiger charge is 2.21. The number of carbonyl (C=O) groups is 2. The van der Waals surface area contributed by atoms with E-state index in [1.807, 2.05) is 54.6 Å². The Morgan fingerprint density at radius 2 is 1.04 bits per heavy atom. The molecule has 0 amide bonds. The van der Waals surface area contributed by atoms with Crippen molar-refractivity contribution in [3.05, 3.63) is 125 Å². The van der Waals surface area contributed by atoms with Crippen LogP contribution in [0.25, 0.3) is 16.8 Å². The van der Waals surface area contributed by atoms with Gasteiger partial charge in [0.1, 0.15) is 0 Å². The Kier molecular flexibility index (Phi) is 4.94. The summed E-state index contributed by atoms with van der Waals surface area (Å²) in [6.07, 6.45) is 1.69. The van der Waals surface area contributed by atoms with Gasteiger partial charge in [-0.1, -0.05) is 97.1 Å². The molecule has 4 aromatic carbocycles. The van der Waals surface area contributed by atoms with Crippen LogP contribution in [-0.4, -0.2) is 11.6 Å². The van der Waals surface area contributed by atoms with Crippen LogP contribution in [0.4, 0.5) is 0 Å². The van der Waals surface area contributed by atoms with Crippen molar-refractivity contribution in [2.24, 2.45) is 0 Å². The Hall–Kier alpha value is -3.78. The molecule has 0 aromatic heterocycles. The summed E-state index contributed by atoms with van der Waals surface area (Å²) >= 11 is 0. The molecule has 0 saturated heterocycles. The van der Waals surface area contributed by atoms with Crippen molar-refractivity contribution in [2.45, 2.75) is 0 Å². The van der Waals surface area contributed by atoms with Crippen molar-refractivity contribution in [1.29, 1.82) is 0 Å². The molecule has 0 saturated carbocycles. The third-order valence-electron chi connectivity index (χ3n) is 4.65. The topological polar surface area (TPSA) is 34.1 Å². The monoisotopic (exact) mass is 362 g/mol. The fourth-order valence-corrected chi connectivity index (χ4v) is 3.19. The number of carbonyl (C=O) groups excluding carboxylic acids is 2. The molecule has 0 N–H and O–H groups in total. The standard InChI is InChI=1S/C26H18O2/c27-25(21-10-3-1-4-11-21)24(26(28)22-12-5-2-6-13-22)18-19-15-16-20-9-7-8-14-23(20)17-19/h1-18H. The van der Waals surface area contributed by atoms with E-state index in [-0.39, 0.29) is 17.1 Å². The minimum atomic E-state index is -0.275. The molecular formula is C26H18O2. The van der Waals surface area contributed by atoms with Gasteiger partial charge >= 0.3 is 0 Å². The molecule has 4 rings (SSSR count). The number of benzene rings is 4. The summed E-state index contributed by atoms with van der Waals surface area (Å²) in [5, 5.41) is 2.18. The molecule has 2 nitrogen and oxygen atoms in total. The van der Waals surface area contributed by atoms with Crippen LogP contribution in [0.5, 0.6) is 0 Å². The SMILES string of the molecule is O=C(C(=Cc1ccc2ccccc2c1)C(=O)c1ccccc1)c1ccccc1. The lowest BCUT2D eigenvalue weighted by atomic mass is 9.93. The number of rotatable bonds is 5. The average Bonchev–Trinajstić information content (AvgIpc) is 2.77. The second-order valence-electron chi connectivity index (χ2n) is 6.55. The first-order chi connectivity index (χ1) is 13.7. The Morgan fingerprint density at radius 1 is 0.536 bits per heavy atom. The summed E-state index contributed by atoms with van der Waals surface area (Å²) in [4.78, 5) is 26.3. The van der Waals surface area contributed by atoms with E-state index in [1.165, 1.54) is 0 Å². The van der Waals surface area contributed by atoms with Gasteiger partial charge in [-0.2, -0.15) is 0 Å². The van der Waals surface area contributed by atoms with Gasteiger partial charge in [0.25, 0.3) is 0 Å². The molecule has 28 heavy (non-hydrogen) atoms. The number of hydrogen-bond acceptors (Lipinski definition) is 2. The van der Waals surface area contributed by atoms with Crippen LogP contribution < -0.4 is 0 Å². The van der Waals surface area contributed by atoms with Crippen molar-refractivity contribution in [1.82, 2.24) is 0 Å². The molecule has 0 aliphatic rings. The van der Waals surface area contributed by atoms with Crippen molar-refractivity contribution in [2.75, 3.05) is 0 Å². The summed E-state index contributed by atoms with van der Waals surface area (Å²) in [7, 11) is 0. The molecule has 0 aliphatic carbocycles. The highest BCUT2D eigenvalue weighted by Crippen LogP contribution is 2.21. The van der Waals surface area contributed by atoms with Crippen molar-refractivity contribution < 1.29 is 9.59 Å². The van der Waals surface area contributed by atoms with Gasteiger partial charge in [-0.3, -0.25) is 9.59 Å². The molecule has 4 aromatic rings. The molecule has 0 spiro atoms. The molecule has 0 unspecified atom stereocenters. The molecule has 0 radical (unpaired) electrons. The van der Waals surface area contributed by atoms with Crippen LogP contribution in [0.3, 0.4) is 0 Å². The van der Waals surface area contributed by atoms with Gasteiger partial charge in [0.05, 0.1) is 5.57 Å². The van der Waals surface area contributed by atoms with Crippen LogP contribution in [0.15, 0.2) is 109 Å². The summed E-state index contributed by atoms with van der Waals surface area (Å²) < 4.78 is 0. The number of fused-ring (bicyclic) bond motifs is 1. The normalized spacial score (nSPS) is 10.4. The molecule has 0 bridgehead atoms. The summed E-state index contributed by atoms with van der Waals surface area (Å²) in [6, 6.07) is 31.8. The Balaban J connectivity index is 1.82. The zero-order valence-corrected chi connectivity index (χ0v) is 15.2. The van der Waals surface area contributed by atoms with Crippen LogP contribution in [0.1, 0.15) is 26.3 Å². The van der Waals surface area contributed by atoms with E-state index in [4.69, 9.17) is 0 Å². The summed E-state index contributed by atoms with van der Waals surface area (Å²) in [5.74, 6) is -0.551. The lowest BCUT2D eigenvalue weighted by Gasteiger charge is -2.08. The fourth-order valence-electron chi connectivity index (χ4n) is 3.19. The molecule has 0 atom stereocenters. The second-order valence-corrected chi connectivity index (χ2v) is 6.55.